The van der Waals surface area contributed by atoms with Crippen LogP contribution in [-0.4, -0.2) is 32.9 Å². The van der Waals surface area contributed by atoms with Crippen molar-refractivity contribution in [2.75, 3.05) is 13.1 Å². The molecule has 0 N–H and O–H groups in total. The Kier molecular flexibility index (Phi) is 3.41. The van der Waals surface area contributed by atoms with Crippen molar-refractivity contribution in [2.45, 2.75) is 25.8 Å². The van der Waals surface area contributed by atoms with E-state index in [4.69, 9.17) is 0 Å². The minimum Gasteiger partial charge on any atom is -0.341 e. The Morgan fingerprint density at radius 3 is 2.39 bits per heavy atom. The third-order valence-corrected chi connectivity index (χ3v) is 4.65. The van der Waals surface area contributed by atoms with Crippen molar-refractivity contribution >= 4 is 22.5 Å². The number of aromatic nitrogens is 2. The van der Waals surface area contributed by atoms with E-state index < -0.39 is 0 Å². The van der Waals surface area contributed by atoms with Gasteiger partial charge in [0.1, 0.15) is 12.1 Å². The van der Waals surface area contributed by atoms with Crippen LogP contribution in [0.3, 0.4) is 0 Å². The molecule has 1 amide bonds. The molecule has 0 radical (unpaired) electrons. The molecule has 3 aromatic rings. The molecule has 5 nitrogen and oxygen atoms in total. The molecule has 0 saturated carbocycles. The van der Waals surface area contributed by atoms with E-state index in [1.165, 1.54) is 6.42 Å². The average molecular weight is 309 g/mol. The molecule has 1 aliphatic heterocycles. The van der Waals surface area contributed by atoms with Gasteiger partial charge < -0.3 is 9.30 Å². The summed E-state index contributed by atoms with van der Waals surface area (Å²) in [4.78, 5) is 27.3. The number of carbonyl (C=O) groups excluding carboxylic acids is 1. The van der Waals surface area contributed by atoms with E-state index >= 15 is 0 Å². The molecule has 5 heteroatoms. The van der Waals surface area contributed by atoms with Crippen LogP contribution in [0.25, 0.3) is 16.6 Å². The number of nitrogens with zero attached hydrogens (tertiary/aromatic N) is 3. The molecular formula is C18H19N3O2. The van der Waals surface area contributed by atoms with Crippen LogP contribution < -0.4 is 5.56 Å². The van der Waals surface area contributed by atoms with Crippen LogP contribution in [0.5, 0.6) is 0 Å². The zero-order chi connectivity index (χ0) is 15.8. The lowest BCUT2D eigenvalue weighted by atomic mass is 10.1. The Hall–Kier alpha value is -2.56. The predicted octanol–water partition coefficient (Wildman–Crippen LogP) is 2.27. The maximum Gasteiger partial charge on any atom is 0.275 e. The minimum absolute atomic E-state index is 0.0351. The van der Waals surface area contributed by atoms with Gasteiger partial charge in [0, 0.05) is 19.3 Å². The van der Waals surface area contributed by atoms with Crippen LogP contribution in [0.4, 0.5) is 0 Å². The fraction of sp³-hybridized carbons (Fsp3) is 0.333. The zero-order valence-corrected chi connectivity index (χ0v) is 12.9. The van der Waals surface area contributed by atoms with Gasteiger partial charge in [-0.2, -0.15) is 0 Å². The Morgan fingerprint density at radius 1 is 0.913 bits per heavy atom. The summed E-state index contributed by atoms with van der Waals surface area (Å²) in [6, 6.07) is 11.4. The standard InChI is InChI=1S/C18H19N3O2/c22-17(19-10-4-1-5-11-19)13-21-15-8-3-2-7-14(15)20-12-6-9-16(20)18(21)23/h2-3,6-9,12H,1,4-5,10-11,13H2. The average Bonchev–Trinajstić information content (AvgIpc) is 3.09. The Bertz CT molecular complexity index is 932. The molecule has 3 heterocycles. The predicted molar refractivity (Wildman–Crippen MR) is 89.6 cm³/mol. The fourth-order valence-electron chi connectivity index (χ4n) is 3.44. The van der Waals surface area contributed by atoms with Gasteiger partial charge in [-0.05, 0) is 43.5 Å². The van der Waals surface area contributed by atoms with Gasteiger partial charge in [0.05, 0.1) is 11.0 Å². The Morgan fingerprint density at radius 2 is 1.61 bits per heavy atom. The summed E-state index contributed by atoms with van der Waals surface area (Å²) in [5.74, 6) is 0.0351. The van der Waals surface area contributed by atoms with Crippen molar-refractivity contribution in [3.63, 3.8) is 0 Å². The van der Waals surface area contributed by atoms with Crippen molar-refractivity contribution in [2.24, 2.45) is 0 Å². The Balaban J connectivity index is 1.83. The number of likely N-dealkylation sites (tertiary alicyclic amines) is 1. The molecule has 2 aromatic heterocycles. The number of piperidine rings is 1. The number of rotatable bonds is 2. The van der Waals surface area contributed by atoms with Crippen LogP contribution in [0, 0.1) is 0 Å². The van der Waals surface area contributed by atoms with E-state index in [0.29, 0.717) is 5.52 Å². The lowest BCUT2D eigenvalue weighted by Crippen LogP contribution is -2.39. The van der Waals surface area contributed by atoms with E-state index in [9.17, 15) is 9.59 Å². The zero-order valence-electron chi connectivity index (χ0n) is 12.9. The summed E-state index contributed by atoms with van der Waals surface area (Å²) in [6.07, 6.45) is 5.18. The summed E-state index contributed by atoms with van der Waals surface area (Å²) in [7, 11) is 0. The van der Waals surface area contributed by atoms with Crippen LogP contribution in [-0.2, 0) is 11.3 Å². The molecule has 4 rings (SSSR count). The minimum atomic E-state index is -0.112. The van der Waals surface area contributed by atoms with Gasteiger partial charge in [-0.25, -0.2) is 0 Å². The molecule has 0 spiro atoms. The van der Waals surface area contributed by atoms with Crippen LogP contribution in [0.1, 0.15) is 19.3 Å². The first kappa shape index (κ1) is 14.1. The van der Waals surface area contributed by atoms with Gasteiger partial charge in [-0.1, -0.05) is 12.1 Å². The van der Waals surface area contributed by atoms with E-state index in [1.807, 2.05) is 45.8 Å². The topological polar surface area (TPSA) is 46.7 Å². The molecule has 0 aliphatic carbocycles. The highest BCUT2D eigenvalue weighted by Gasteiger charge is 2.19. The van der Waals surface area contributed by atoms with Crippen LogP contribution in [0.15, 0.2) is 47.4 Å². The van der Waals surface area contributed by atoms with E-state index in [-0.39, 0.29) is 18.0 Å². The number of carbonyl (C=O) groups is 1. The maximum atomic E-state index is 12.8. The molecule has 118 valence electrons. The normalized spacial score (nSPS) is 15.4. The van der Waals surface area contributed by atoms with Crippen molar-refractivity contribution in [1.29, 1.82) is 0 Å². The molecule has 1 fully saturated rings. The molecular weight excluding hydrogens is 290 g/mol. The summed E-state index contributed by atoms with van der Waals surface area (Å²) in [5.41, 5.74) is 2.24. The van der Waals surface area contributed by atoms with Gasteiger partial charge in [0.25, 0.3) is 5.56 Å². The van der Waals surface area contributed by atoms with Crippen molar-refractivity contribution < 1.29 is 4.79 Å². The highest BCUT2D eigenvalue weighted by atomic mass is 16.2. The first-order valence-corrected chi connectivity index (χ1v) is 8.12. The quantitative estimate of drug-likeness (QED) is 0.729. The SMILES string of the molecule is O=C(Cn1c(=O)c2cccn2c2ccccc21)N1CCCCC1. The van der Waals surface area contributed by atoms with Gasteiger partial charge >= 0.3 is 0 Å². The van der Waals surface area contributed by atoms with Crippen molar-refractivity contribution in [1.82, 2.24) is 13.9 Å². The number of benzene rings is 1. The maximum absolute atomic E-state index is 12.8. The van der Waals surface area contributed by atoms with Crippen molar-refractivity contribution in [3.8, 4) is 0 Å². The fourth-order valence-corrected chi connectivity index (χ4v) is 3.44. The highest BCUT2D eigenvalue weighted by Crippen LogP contribution is 2.16. The van der Waals surface area contributed by atoms with Gasteiger partial charge in [-0.3, -0.25) is 14.2 Å². The Labute approximate surface area is 133 Å². The lowest BCUT2D eigenvalue weighted by Gasteiger charge is -2.27. The molecule has 0 bridgehead atoms. The first-order valence-electron chi connectivity index (χ1n) is 8.12. The monoisotopic (exact) mass is 309 g/mol. The summed E-state index contributed by atoms with van der Waals surface area (Å²) in [5, 5.41) is 0. The smallest absolute Gasteiger partial charge is 0.275 e. The second-order valence-electron chi connectivity index (χ2n) is 6.08. The van der Waals surface area contributed by atoms with E-state index in [2.05, 4.69) is 0 Å². The second-order valence-corrected chi connectivity index (χ2v) is 6.08. The highest BCUT2D eigenvalue weighted by molar-refractivity contribution is 5.82. The van der Waals surface area contributed by atoms with Crippen LogP contribution in [0.2, 0.25) is 0 Å². The molecule has 0 atom stereocenters. The van der Waals surface area contributed by atoms with E-state index in [1.54, 1.807) is 10.6 Å². The third kappa shape index (κ3) is 2.32. The third-order valence-electron chi connectivity index (χ3n) is 4.65. The summed E-state index contributed by atoms with van der Waals surface area (Å²) in [6.45, 7) is 1.72. The second kappa shape index (κ2) is 5.57. The molecule has 1 aromatic carbocycles. The lowest BCUT2D eigenvalue weighted by molar-refractivity contribution is -0.132. The van der Waals surface area contributed by atoms with Gasteiger partial charge in [0.2, 0.25) is 5.91 Å². The number of hydrogen-bond donors (Lipinski definition) is 0. The molecule has 23 heavy (non-hydrogen) atoms. The summed E-state index contributed by atoms with van der Waals surface area (Å²) >= 11 is 0. The molecule has 1 saturated heterocycles. The first-order chi connectivity index (χ1) is 11.3. The number of amides is 1. The molecule has 0 unspecified atom stereocenters. The molecule has 1 aliphatic rings. The number of fused-ring (bicyclic) bond motifs is 3. The largest absolute Gasteiger partial charge is 0.341 e. The van der Waals surface area contributed by atoms with E-state index in [0.717, 1.165) is 37.0 Å². The van der Waals surface area contributed by atoms with Gasteiger partial charge in [-0.15, -0.1) is 0 Å². The number of para-hydroxylation sites is 2. The van der Waals surface area contributed by atoms with Gasteiger partial charge in [0.15, 0.2) is 0 Å². The van der Waals surface area contributed by atoms with Crippen molar-refractivity contribution in [3.05, 3.63) is 52.9 Å². The number of hydrogen-bond acceptors (Lipinski definition) is 2. The summed E-state index contributed by atoms with van der Waals surface area (Å²) < 4.78 is 3.50. The van der Waals surface area contributed by atoms with Crippen LogP contribution >= 0.6 is 0 Å².